The highest BCUT2D eigenvalue weighted by Gasteiger charge is 1.97. The largest absolute Gasteiger partial charge is 0.375 e. The third-order valence-corrected chi connectivity index (χ3v) is 1.57. The lowest BCUT2D eigenvalue weighted by molar-refractivity contribution is 0.0946. The second-order valence-electron chi connectivity index (χ2n) is 3.24. The van der Waals surface area contributed by atoms with E-state index in [4.69, 9.17) is 16.3 Å². The van der Waals surface area contributed by atoms with Gasteiger partial charge in [-0.05, 0) is 5.92 Å². The van der Waals surface area contributed by atoms with Gasteiger partial charge in [0, 0.05) is 6.61 Å². The summed E-state index contributed by atoms with van der Waals surface area (Å²) in [5, 5.41) is 0.410. The molecule has 0 amide bonds. The molecule has 0 saturated heterocycles. The van der Waals surface area contributed by atoms with Gasteiger partial charge in [0.1, 0.15) is 5.15 Å². The van der Waals surface area contributed by atoms with Gasteiger partial charge in [0.25, 0.3) is 0 Å². The predicted octanol–water partition coefficient (Wildman–Crippen LogP) is 2.30. The van der Waals surface area contributed by atoms with Gasteiger partial charge in [-0.1, -0.05) is 25.4 Å². The van der Waals surface area contributed by atoms with Gasteiger partial charge in [-0.15, -0.1) is 0 Å². The highest BCUT2D eigenvalue weighted by atomic mass is 35.5. The third kappa shape index (κ3) is 4.20. The van der Waals surface area contributed by atoms with Crippen molar-refractivity contribution in [2.75, 3.05) is 6.61 Å². The van der Waals surface area contributed by atoms with E-state index in [1.165, 1.54) is 6.20 Å². The van der Waals surface area contributed by atoms with Crippen LogP contribution in [0.25, 0.3) is 0 Å². The summed E-state index contributed by atoms with van der Waals surface area (Å²) in [6.07, 6.45) is 3.15. The Morgan fingerprint density at radius 2 is 2.15 bits per heavy atom. The average Bonchev–Trinajstić information content (AvgIpc) is 2.08. The summed E-state index contributed by atoms with van der Waals surface area (Å²) < 4.78 is 5.38. The second-order valence-corrected chi connectivity index (χ2v) is 3.63. The Hall–Kier alpha value is -0.670. The van der Waals surface area contributed by atoms with Gasteiger partial charge in [0.15, 0.2) is 0 Å². The molecule has 1 aromatic rings. The van der Waals surface area contributed by atoms with Gasteiger partial charge in [0.05, 0.1) is 24.7 Å². The van der Waals surface area contributed by atoms with Crippen LogP contribution in [0, 0.1) is 5.92 Å². The second kappa shape index (κ2) is 5.14. The molecule has 0 aromatic carbocycles. The zero-order valence-electron chi connectivity index (χ0n) is 7.83. The predicted molar refractivity (Wildman–Crippen MR) is 51.5 cm³/mol. The fourth-order valence-corrected chi connectivity index (χ4v) is 0.910. The molecule has 0 aliphatic heterocycles. The maximum Gasteiger partial charge on any atom is 0.147 e. The monoisotopic (exact) mass is 200 g/mol. The van der Waals surface area contributed by atoms with E-state index in [9.17, 15) is 0 Å². The Bertz CT molecular complexity index is 248. The van der Waals surface area contributed by atoms with Crippen molar-refractivity contribution in [2.45, 2.75) is 20.5 Å². The van der Waals surface area contributed by atoms with E-state index in [0.29, 0.717) is 17.7 Å². The van der Waals surface area contributed by atoms with E-state index >= 15 is 0 Å². The molecule has 0 aliphatic carbocycles. The molecule has 0 saturated carbocycles. The Morgan fingerprint density at radius 1 is 1.38 bits per heavy atom. The van der Waals surface area contributed by atoms with Crippen molar-refractivity contribution >= 4 is 11.6 Å². The summed E-state index contributed by atoms with van der Waals surface area (Å²) in [5.41, 5.74) is 0.810. The number of hydrogen-bond donors (Lipinski definition) is 0. The van der Waals surface area contributed by atoms with Crippen LogP contribution in [0.2, 0.25) is 5.15 Å². The zero-order chi connectivity index (χ0) is 9.68. The van der Waals surface area contributed by atoms with Crippen LogP contribution >= 0.6 is 11.6 Å². The summed E-state index contributed by atoms with van der Waals surface area (Å²) in [6.45, 7) is 5.45. The Morgan fingerprint density at radius 3 is 2.69 bits per heavy atom. The van der Waals surface area contributed by atoms with Gasteiger partial charge in [-0.25, -0.2) is 4.98 Å². The van der Waals surface area contributed by atoms with E-state index in [2.05, 4.69) is 23.8 Å². The average molecular weight is 201 g/mol. The molecular formula is C9H13ClN2O. The topological polar surface area (TPSA) is 35.0 Å². The van der Waals surface area contributed by atoms with Crippen molar-refractivity contribution in [3.05, 3.63) is 23.2 Å². The minimum Gasteiger partial charge on any atom is -0.375 e. The molecule has 1 rings (SSSR count). The number of aromatic nitrogens is 2. The molecule has 0 spiro atoms. The maximum absolute atomic E-state index is 5.58. The number of rotatable bonds is 4. The van der Waals surface area contributed by atoms with Crippen molar-refractivity contribution in [2.24, 2.45) is 5.92 Å². The fraction of sp³-hybridized carbons (Fsp3) is 0.556. The summed E-state index contributed by atoms with van der Waals surface area (Å²) in [4.78, 5) is 7.96. The van der Waals surface area contributed by atoms with Crippen LogP contribution < -0.4 is 0 Å². The van der Waals surface area contributed by atoms with Crippen molar-refractivity contribution in [3.8, 4) is 0 Å². The van der Waals surface area contributed by atoms with Crippen molar-refractivity contribution in [3.63, 3.8) is 0 Å². The Kier molecular flexibility index (Phi) is 4.12. The normalized spacial score (nSPS) is 10.8. The SMILES string of the molecule is CC(C)COCc1cnc(Cl)cn1. The fourth-order valence-electron chi connectivity index (χ4n) is 0.813. The van der Waals surface area contributed by atoms with Crippen LogP contribution in [-0.2, 0) is 11.3 Å². The molecule has 0 unspecified atom stereocenters. The molecule has 4 heteroatoms. The molecule has 0 fully saturated rings. The standard InChI is InChI=1S/C9H13ClN2O/c1-7(2)5-13-6-8-3-12-9(10)4-11-8/h3-4,7H,5-6H2,1-2H3. The van der Waals surface area contributed by atoms with Gasteiger partial charge < -0.3 is 4.74 Å². The van der Waals surface area contributed by atoms with E-state index in [0.717, 1.165) is 12.3 Å². The third-order valence-electron chi connectivity index (χ3n) is 1.37. The lowest BCUT2D eigenvalue weighted by Gasteiger charge is -2.05. The van der Waals surface area contributed by atoms with Gasteiger partial charge >= 0.3 is 0 Å². The molecule has 72 valence electrons. The molecule has 1 aromatic heterocycles. The first kappa shape index (κ1) is 10.4. The first-order valence-electron chi connectivity index (χ1n) is 4.22. The van der Waals surface area contributed by atoms with Crippen molar-refractivity contribution in [1.29, 1.82) is 0 Å². The molecule has 13 heavy (non-hydrogen) atoms. The van der Waals surface area contributed by atoms with Crippen LogP contribution in [-0.4, -0.2) is 16.6 Å². The Balaban J connectivity index is 2.33. The first-order valence-corrected chi connectivity index (χ1v) is 4.60. The lowest BCUT2D eigenvalue weighted by atomic mass is 10.2. The molecule has 0 radical (unpaired) electrons. The Labute approximate surface area is 83.1 Å². The van der Waals surface area contributed by atoms with E-state index in [1.807, 2.05) is 0 Å². The smallest absolute Gasteiger partial charge is 0.147 e. The number of ether oxygens (including phenoxy) is 1. The minimum atomic E-state index is 0.410. The molecule has 1 heterocycles. The van der Waals surface area contributed by atoms with E-state index in [1.54, 1.807) is 6.20 Å². The molecule has 0 atom stereocenters. The van der Waals surface area contributed by atoms with Gasteiger partial charge in [-0.3, -0.25) is 4.98 Å². The summed E-state index contributed by atoms with van der Waals surface area (Å²) >= 11 is 5.58. The number of hydrogen-bond acceptors (Lipinski definition) is 3. The lowest BCUT2D eigenvalue weighted by Crippen LogP contribution is -2.03. The zero-order valence-corrected chi connectivity index (χ0v) is 8.58. The molecular weight excluding hydrogens is 188 g/mol. The summed E-state index contributed by atoms with van der Waals surface area (Å²) in [5.74, 6) is 0.542. The maximum atomic E-state index is 5.58. The molecule has 3 nitrogen and oxygen atoms in total. The molecule has 0 aliphatic rings. The van der Waals surface area contributed by atoms with Crippen LogP contribution in [0.3, 0.4) is 0 Å². The van der Waals surface area contributed by atoms with Crippen molar-refractivity contribution in [1.82, 2.24) is 9.97 Å². The highest BCUT2D eigenvalue weighted by molar-refractivity contribution is 6.29. The van der Waals surface area contributed by atoms with Crippen molar-refractivity contribution < 1.29 is 4.74 Å². The summed E-state index contributed by atoms with van der Waals surface area (Å²) in [7, 11) is 0. The van der Waals surface area contributed by atoms with E-state index < -0.39 is 0 Å². The van der Waals surface area contributed by atoms with Crippen LogP contribution in [0.1, 0.15) is 19.5 Å². The molecule has 0 N–H and O–H groups in total. The van der Waals surface area contributed by atoms with Crippen LogP contribution in [0.4, 0.5) is 0 Å². The quantitative estimate of drug-likeness (QED) is 0.748. The van der Waals surface area contributed by atoms with E-state index in [-0.39, 0.29) is 0 Å². The van der Waals surface area contributed by atoms with Gasteiger partial charge in [-0.2, -0.15) is 0 Å². The highest BCUT2D eigenvalue weighted by Crippen LogP contribution is 2.03. The number of nitrogens with zero attached hydrogens (tertiary/aromatic N) is 2. The number of halogens is 1. The molecule has 0 bridgehead atoms. The summed E-state index contributed by atoms with van der Waals surface area (Å²) in [6, 6.07) is 0. The van der Waals surface area contributed by atoms with Gasteiger partial charge in [0.2, 0.25) is 0 Å². The minimum absolute atomic E-state index is 0.410. The van der Waals surface area contributed by atoms with Crippen LogP contribution in [0.15, 0.2) is 12.4 Å². The van der Waals surface area contributed by atoms with Crippen LogP contribution in [0.5, 0.6) is 0 Å². The first-order chi connectivity index (χ1) is 6.18.